The van der Waals surface area contributed by atoms with Crippen molar-refractivity contribution in [1.82, 2.24) is 9.97 Å². The quantitative estimate of drug-likeness (QED) is 0.386. The summed E-state index contributed by atoms with van der Waals surface area (Å²) in [5.41, 5.74) is 5.68. The van der Waals surface area contributed by atoms with E-state index in [0.29, 0.717) is 11.3 Å². The van der Waals surface area contributed by atoms with Crippen LogP contribution in [-0.4, -0.2) is 29.0 Å². The molecule has 1 aromatic heterocycles. The number of nitrogens with zero attached hydrogens (tertiary/aromatic N) is 2. The summed E-state index contributed by atoms with van der Waals surface area (Å²) < 4.78 is 0. The Morgan fingerprint density at radius 3 is 2.52 bits per heavy atom. The van der Waals surface area contributed by atoms with Crippen LogP contribution >= 0.6 is 11.8 Å². The third-order valence-corrected chi connectivity index (χ3v) is 6.51. The van der Waals surface area contributed by atoms with Gasteiger partial charge in [0.2, 0.25) is 0 Å². The Kier molecular flexibility index (Phi) is 5.63. The molecule has 0 unspecified atom stereocenters. The maximum Gasteiger partial charge on any atom is 0.255 e. The highest BCUT2D eigenvalue weighted by molar-refractivity contribution is 7.98. The number of amides is 1. The van der Waals surface area contributed by atoms with E-state index in [2.05, 4.69) is 32.3 Å². The Bertz CT molecular complexity index is 1160. The fourth-order valence-corrected chi connectivity index (χ4v) is 4.83. The van der Waals surface area contributed by atoms with E-state index in [4.69, 9.17) is 0 Å². The SMILES string of the molecule is O=C(Nc1ccc(N2CCCC2)cc1)c1ccccc1CSc1nc2ccccc2[nH]1. The summed E-state index contributed by atoms with van der Waals surface area (Å²) in [6.45, 7) is 2.23. The molecule has 3 aromatic carbocycles. The standard InChI is InChI=1S/C25H24N4OS/c30-24(26-19-11-13-20(14-12-19)29-15-5-6-16-29)21-8-2-1-7-18(21)17-31-25-27-22-9-3-4-10-23(22)28-25/h1-4,7-14H,5-6,15-17H2,(H,26,30)(H,27,28). The Hall–Kier alpha value is -3.25. The first kappa shape index (κ1) is 19.7. The van der Waals surface area contributed by atoms with Crippen LogP contribution in [0.15, 0.2) is 78.0 Å². The molecule has 5 rings (SSSR count). The van der Waals surface area contributed by atoms with Gasteiger partial charge in [-0.05, 0) is 60.9 Å². The molecule has 2 N–H and O–H groups in total. The molecule has 156 valence electrons. The molecule has 0 aliphatic carbocycles. The van der Waals surface area contributed by atoms with Gasteiger partial charge in [-0.25, -0.2) is 4.98 Å². The van der Waals surface area contributed by atoms with Crippen molar-refractivity contribution in [2.75, 3.05) is 23.3 Å². The smallest absolute Gasteiger partial charge is 0.255 e. The van der Waals surface area contributed by atoms with Crippen molar-refractivity contribution in [3.8, 4) is 0 Å². The number of aromatic amines is 1. The average molecular weight is 429 g/mol. The summed E-state index contributed by atoms with van der Waals surface area (Å²) in [6, 6.07) is 23.9. The lowest BCUT2D eigenvalue weighted by molar-refractivity contribution is 0.102. The van der Waals surface area contributed by atoms with E-state index in [1.54, 1.807) is 11.8 Å². The van der Waals surface area contributed by atoms with E-state index < -0.39 is 0 Å². The molecule has 1 aliphatic rings. The summed E-state index contributed by atoms with van der Waals surface area (Å²) in [5.74, 6) is 0.576. The molecule has 5 nitrogen and oxygen atoms in total. The fourth-order valence-electron chi connectivity index (χ4n) is 3.94. The zero-order valence-corrected chi connectivity index (χ0v) is 18.0. The van der Waals surface area contributed by atoms with Gasteiger partial charge >= 0.3 is 0 Å². The van der Waals surface area contributed by atoms with Gasteiger partial charge in [0.15, 0.2) is 5.16 Å². The average Bonchev–Trinajstić information content (AvgIpc) is 3.48. The molecule has 0 atom stereocenters. The molecule has 31 heavy (non-hydrogen) atoms. The maximum absolute atomic E-state index is 13.0. The van der Waals surface area contributed by atoms with Crippen LogP contribution in [0.1, 0.15) is 28.8 Å². The lowest BCUT2D eigenvalue weighted by atomic mass is 10.1. The Balaban J connectivity index is 1.27. The molecule has 0 saturated carbocycles. The minimum absolute atomic E-state index is 0.0882. The molecular weight excluding hydrogens is 404 g/mol. The number of hydrogen-bond donors (Lipinski definition) is 2. The van der Waals surface area contributed by atoms with Gasteiger partial charge in [0.1, 0.15) is 0 Å². The van der Waals surface area contributed by atoms with E-state index in [1.165, 1.54) is 18.5 Å². The number of para-hydroxylation sites is 2. The Labute approximate surface area is 185 Å². The van der Waals surface area contributed by atoms with Crippen molar-refractivity contribution in [2.24, 2.45) is 0 Å². The Morgan fingerprint density at radius 2 is 1.71 bits per heavy atom. The Morgan fingerprint density at radius 1 is 0.968 bits per heavy atom. The number of fused-ring (bicyclic) bond motifs is 1. The summed E-state index contributed by atoms with van der Waals surface area (Å²) in [6.07, 6.45) is 2.50. The van der Waals surface area contributed by atoms with Gasteiger partial charge in [-0.15, -0.1) is 0 Å². The number of benzene rings is 3. The van der Waals surface area contributed by atoms with Gasteiger partial charge in [0.25, 0.3) is 5.91 Å². The molecule has 1 amide bonds. The second kappa shape index (κ2) is 8.86. The van der Waals surface area contributed by atoms with Crippen LogP contribution in [0.5, 0.6) is 0 Å². The van der Waals surface area contributed by atoms with Crippen molar-refractivity contribution >= 4 is 40.1 Å². The highest BCUT2D eigenvalue weighted by Crippen LogP contribution is 2.26. The summed E-state index contributed by atoms with van der Waals surface area (Å²) in [5, 5.41) is 3.90. The lowest BCUT2D eigenvalue weighted by Gasteiger charge is -2.18. The molecule has 6 heteroatoms. The van der Waals surface area contributed by atoms with E-state index >= 15 is 0 Å². The predicted molar refractivity (Wildman–Crippen MR) is 128 cm³/mol. The number of carbonyl (C=O) groups is 1. The molecule has 2 heterocycles. The zero-order chi connectivity index (χ0) is 21.0. The first-order valence-corrected chi connectivity index (χ1v) is 11.6. The van der Waals surface area contributed by atoms with Gasteiger partial charge in [-0.1, -0.05) is 42.1 Å². The number of rotatable bonds is 6. The second-order valence-corrected chi connectivity index (χ2v) is 8.66. The van der Waals surface area contributed by atoms with E-state index in [9.17, 15) is 4.79 Å². The van der Waals surface area contributed by atoms with Gasteiger partial charge in [-0.2, -0.15) is 0 Å². The number of nitrogens with one attached hydrogen (secondary N) is 2. The predicted octanol–water partition coefficient (Wildman–Crippen LogP) is 5.71. The van der Waals surface area contributed by atoms with E-state index in [-0.39, 0.29) is 5.91 Å². The summed E-state index contributed by atoms with van der Waals surface area (Å²) in [7, 11) is 0. The molecule has 0 radical (unpaired) electrons. The van der Waals surface area contributed by atoms with Crippen molar-refractivity contribution < 1.29 is 4.79 Å². The van der Waals surface area contributed by atoms with E-state index in [1.807, 2.05) is 60.7 Å². The van der Waals surface area contributed by atoms with Crippen molar-refractivity contribution in [3.63, 3.8) is 0 Å². The third-order valence-electron chi connectivity index (χ3n) is 5.59. The number of thioether (sulfide) groups is 1. The number of anilines is 2. The maximum atomic E-state index is 13.0. The monoisotopic (exact) mass is 428 g/mol. The van der Waals surface area contributed by atoms with Crippen LogP contribution in [-0.2, 0) is 5.75 Å². The minimum atomic E-state index is -0.0882. The molecule has 0 spiro atoms. The number of carbonyl (C=O) groups excluding carboxylic acids is 1. The zero-order valence-electron chi connectivity index (χ0n) is 17.2. The topological polar surface area (TPSA) is 61.0 Å². The normalized spacial score (nSPS) is 13.6. The molecule has 0 bridgehead atoms. The van der Waals surface area contributed by atoms with Crippen LogP contribution in [0.2, 0.25) is 0 Å². The van der Waals surface area contributed by atoms with Crippen LogP contribution in [0, 0.1) is 0 Å². The molecular formula is C25H24N4OS. The molecule has 1 saturated heterocycles. The van der Waals surface area contributed by atoms with Gasteiger partial charge < -0.3 is 15.2 Å². The van der Waals surface area contributed by atoms with Crippen molar-refractivity contribution in [2.45, 2.75) is 23.8 Å². The van der Waals surface area contributed by atoms with Crippen LogP contribution in [0.4, 0.5) is 11.4 Å². The molecule has 1 aliphatic heterocycles. The van der Waals surface area contributed by atoms with Crippen molar-refractivity contribution in [1.29, 1.82) is 0 Å². The summed E-state index contributed by atoms with van der Waals surface area (Å²) in [4.78, 5) is 23.3. The second-order valence-electron chi connectivity index (χ2n) is 7.70. The van der Waals surface area contributed by atoms with Crippen LogP contribution in [0.25, 0.3) is 11.0 Å². The summed E-state index contributed by atoms with van der Waals surface area (Å²) >= 11 is 1.60. The number of aromatic nitrogens is 2. The minimum Gasteiger partial charge on any atom is -0.372 e. The largest absolute Gasteiger partial charge is 0.372 e. The number of hydrogen-bond acceptors (Lipinski definition) is 4. The van der Waals surface area contributed by atoms with Gasteiger partial charge in [0, 0.05) is 35.8 Å². The lowest BCUT2D eigenvalue weighted by Crippen LogP contribution is -2.17. The van der Waals surface area contributed by atoms with E-state index in [0.717, 1.165) is 40.5 Å². The third kappa shape index (κ3) is 4.44. The van der Waals surface area contributed by atoms with Gasteiger partial charge in [0.05, 0.1) is 11.0 Å². The van der Waals surface area contributed by atoms with Crippen LogP contribution in [0.3, 0.4) is 0 Å². The van der Waals surface area contributed by atoms with Crippen LogP contribution < -0.4 is 10.2 Å². The molecule has 4 aromatic rings. The fraction of sp³-hybridized carbons (Fsp3) is 0.200. The highest BCUT2D eigenvalue weighted by atomic mass is 32.2. The van der Waals surface area contributed by atoms with Gasteiger partial charge in [-0.3, -0.25) is 4.79 Å². The first-order chi connectivity index (χ1) is 15.3. The highest BCUT2D eigenvalue weighted by Gasteiger charge is 2.14. The van der Waals surface area contributed by atoms with Crippen molar-refractivity contribution in [3.05, 3.63) is 83.9 Å². The number of imidazole rings is 1. The first-order valence-electron chi connectivity index (χ1n) is 10.6. The molecule has 1 fully saturated rings. The number of H-pyrrole nitrogens is 1.